The smallest absolute Gasteiger partial charge is 0.371 e. The van der Waals surface area contributed by atoms with E-state index in [-0.39, 0.29) is 22.8 Å². The number of rotatable bonds is 6. The first kappa shape index (κ1) is 15.3. The largest absolute Gasteiger partial charge is 0.475 e. The second-order valence-corrected chi connectivity index (χ2v) is 6.17. The first-order chi connectivity index (χ1) is 11.1. The maximum Gasteiger partial charge on any atom is 0.371 e. The van der Waals surface area contributed by atoms with Gasteiger partial charge in [0.1, 0.15) is 0 Å². The van der Waals surface area contributed by atoms with Crippen LogP contribution in [0.1, 0.15) is 45.9 Å². The van der Waals surface area contributed by atoms with Crippen LogP contribution in [-0.2, 0) is 6.42 Å². The zero-order valence-corrected chi connectivity index (χ0v) is 12.7. The van der Waals surface area contributed by atoms with Gasteiger partial charge < -0.3 is 14.8 Å². The molecule has 23 heavy (non-hydrogen) atoms. The van der Waals surface area contributed by atoms with Gasteiger partial charge in [-0.15, -0.1) is 0 Å². The summed E-state index contributed by atoms with van der Waals surface area (Å²) in [5, 5.41) is 11.7. The summed E-state index contributed by atoms with van der Waals surface area (Å²) < 4.78 is 5.03. The molecule has 3 rings (SSSR count). The number of hydrogen-bond acceptors (Lipinski definition) is 3. The molecule has 0 atom stereocenters. The Morgan fingerprint density at radius 3 is 2.35 bits per heavy atom. The van der Waals surface area contributed by atoms with E-state index in [1.807, 2.05) is 18.2 Å². The first-order valence-electron chi connectivity index (χ1n) is 7.73. The summed E-state index contributed by atoms with van der Waals surface area (Å²) in [5.41, 5.74) is 1.37. The highest BCUT2D eigenvalue weighted by atomic mass is 16.4. The van der Waals surface area contributed by atoms with Crippen LogP contribution in [0.25, 0.3) is 0 Å². The van der Waals surface area contributed by atoms with Gasteiger partial charge in [-0.2, -0.15) is 0 Å². The number of carboxylic acids is 1. The van der Waals surface area contributed by atoms with E-state index in [4.69, 9.17) is 9.52 Å². The maximum atomic E-state index is 12.1. The lowest BCUT2D eigenvalue weighted by Crippen LogP contribution is -2.43. The van der Waals surface area contributed by atoms with Gasteiger partial charge in [-0.3, -0.25) is 4.79 Å². The maximum absolute atomic E-state index is 12.1. The number of nitrogens with one attached hydrogen (secondary N) is 1. The monoisotopic (exact) mass is 313 g/mol. The van der Waals surface area contributed by atoms with Gasteiger partial charge in [-0.1, -0.05) is 36.8 Å². The Balaban J connectivity index is 1.61. The van der Waals surface area contributed by atoms with E-state index in [1.165, 1.54) is 24.1 Å². The Kier molecular flexibility index (Phi) is 4.19. The molecule has 1 saturated carbocycles. The van der Waals surface area contributed by atoms with Crippen LogP contribution in [0.5, 0.6) is 0 Å². The second-order valence-electron chi connectivity index (χ2n) is 6.17. The third-order valence-corrected chi connectivity index (χ3v) is 4.50. The highest BCUT2D eigenvalue weighted by molar-refractivity contribution is 5.93. The molecular formula is C18H19NO4. The summed E-state index contributed by atoms with van der Waals surface area (Å²) in [6, 6.07) is 12.9. The molecule has 1 aromatic carbocycles. The highest BCUT2D eigenvalue weighted by Gasteiger charge is 2.37. The van der Waals surface area contributed by atoms with Crippen molar-refractivity contribution in [1.82, 2.24) is 5.32 Å². The van der Waals surface area contributed by atoms with E-state index in [9.17, 15) is 9.59 Å². The van der Waals surface area contributed by atoms with Gasteiger partial charge in [0.2, 0.25) is 5.76 Å². The number of carboxylic acid groups (broad SMARTS) is 1. The molecule has 0 unspecified atom stereocenters. The van der Waals surface area contributed by atoms with E-state index >= 15 is 0 Å². The average Bonchev–Trinajstić information content (AvgIpc) is 3.01. The Bertz CT molecular complexity index is 701. The predicted octanol–water partition coefficient (Wildman–Crippen LogP) is 3.12. The minimum atomic E-state index is -1.18. The summed E-state index contributed by atoms with van der Waals surface area (Å²) in [5.74, 6) is -1.73. The molecule has 0 spiro atoms. The van der Waals surface area contributed by atoms with Gasteiger partial charge in [0.05, 0.1) is 0 Å². The topological polar surface area (TPSA) is 79.5 Å². The molecule has 1 aliphatic rings. The van der Waals surface area contributed by atoms with E-state index in [0.29, 0.717) is 6.54 Å². The van der Waals surface area contributed by atoms with Crippen LogP contribution in [0, 0.1) is 5.41 Å². The summed E-state index contributed by atoms with van der Waals surface area (Å²) in [4.78, 5) is 22.9. The van der Waals surface area contributed by atoms with E-state index in [2.05, 4.69) is 17.4 Å². The summed E-state index contributed by atoms with van der Waals surface area (Å²) in [7, 11) is 0. The molecule has 5 nitrogen and oxygen atoms in total. The highest BCUT2D eigenvalue weighted by Crippen LogP contribution is 2.43. The van der Waals surface area contributed by atoms with Crippen molar-refractivity contribution in [2.75, 3.05) is 6.54 Å². The third-order valence-electron chi connectivity index (χ3n) is 4.50. The van der Waals surface area contributed by atoms with Crippen LogP contribution >= 0.6 is 0 Å². The number of amides is 1. The number of carbonyl (C=O) groups excluding carboxylic acids is 1. The van der Waals surface area contributed by atoms with Crippen molar-refractivity contribution in [3.05, 3.63) is 59.5 Å². The number of benzene rings is 1. The number of furan rings is 1. The number of aromatic carboxylic acids is 1. The van der Waals surface area contributed by atoms with E-state index in [0.717, 1.165) is 19.3 Å². The lowest BCUT2D eigenvalue weighted by molar-refractivity contribution is 0.0658. The van der Waals surface area contributed by atoms with Crippen molar-refractivity contribution in [3.63, 3.8) is 0 Å². The zero-order chi connectivity index (χ0) is 16.3. The van der Waals surface area contributed by atoms with Crippen molar-refractivity contribution in [1.29, 1.82) is 0 Å². The Morgan fingerprint density at radius 1 is 1.09 bits per heavy atom. The molecule has 0 radical (unpaired) electrons. The quantitative estimate of drug-likeness (QED) is 0.858. The Labute approximate surface area is 134 Å². The average molecular weight is 313 g/mol. The molecule has 0 saturated heterocycles. The van der Waals surface area contributed by atoms with Gasteiger partial charge in [-0.25, -0.2) is 4.79 Å². The first-order valence-corrected chi connectivity index (χ1v) is 7.73. The van der Waals surface area contributed by atoms with Crippen LogP contribution in [0.4, 0.5) is 0 Å². The van der Waals surface area contributed by atoms with Crippen molar-refractivity contribution in [2.24, 2.45) is 5.41 Å². The number of hydrogen-bond donors (Lipinski definition) is 2. The third kappa shape index (κ3) is 3.44. The lowest BCUT2D eigenvalue weighted by Gasteiger charge is -2.42. The molecule has 1 aromatic heterocycles. The fraction of sp³-hybridized carbons (Fsp3) is 0.333. The van der Waals surface area contributed by atoms with E-state index in [1.54, 1.807) is 0 Å². The molecule has 1 amide bonds. The minimum Gasteiger partial charge on any atom is -0.475 e. The SMILES string of the molecule is O=C(O)c1ccc(C(=O)NCC2(Cc3ccccc3)CCC2)o1. The molecule has 2 aromatic rings. The molecule has 5 heteroatoms. The van der Waals surface area contributed by atoms with Gasteiger partial charge in [0.15, 0.2) is 5.76 Å². The molecule has 120 valence electrons. The van der Waals surface area contributed by atoms with E-state index < -0.39 is 5.97 Å². The lowest BCUT2D eigenvalue weighted by atomic mass is 9.65. The van der Waals surface area contributed by atoms with Crippen molar-refractivity contribution in [3.8, 4) is 0 Å². The number of carbonyl (C=O) groups is 2. The predicted molar refractivity (Wildman–Crippen MR) is 84.4 cm³/mol. The molecule has 0 bridgehead atoms. The second kappa shape index (κ2) is 6.28. The molecule has 0 aliphatic heterocycles. The van der Waals surface area contributed by atoms with Gasteiger partial charge in [-0.05, 0) is 42.4 Å². The molecule has 2 N–H and O–H groups in total. The van der Waals surface area contributed by atoms with Gasteiger partial charge >= 0.3 is 5.97 Å². The normalized spacial score (nSPS) is 15.7. The van der Waals surface area contributed by atoms with Gasteiger partial charge in [0.25, 0.3) is 5.91 Å². The minimum absolute atomic E-state index is 0.0385. The van der Waals surface area contributed by atoms with Crippen LogP contribution in [-0.4, -0.2) is 23.5 Å². The van der Waals surface area contributed by atoms with Crippen LogP contribution in [0.2, 0.25) is 0 Å². The van der Waals surface area contributed by atoms with Crippen LogP contribution in [0.3, 0.4) is 0 Å². The molecule has 1 aliphatic carbocycles. The Morgan fingerprint density at radius 2 is 1.78 bits per heavy atom. The zero-order valence-electron chi connectivity index (χ0n) is 12.7. The summed E-state index contributed by atoms with van der Waals surface area (Å²) in [6.45, 7) is 0.573. The van der Waals surface area contributed by atoms with Crippen LogP contribution in [0.15, 0.2) is 46.9 Å². The fourth-order valence-corrected chi connectivity index (χ4v) is 3.05. The van der Waals surface area contributed by atoms with Crippen LogP contribution < -0.4 is 5.32 Å². The van der Waals surface area contributed by atoms with Crippen molar-refractivity contribution in [2.45, 2.75) is 25.7 Å². The van der Waals surface area contributed by atoms with Crippen molar-refractivity contribution >= 4 is 11.9 Å². The molecule has 1 fully saturated rings. The fourth-order valence-electron chi connectivity index (χ4n) is 3.05. The van der Waals surface area contributed by atoms with Gasteiger partial charge in [0, 0.05) is 6.54 Å². The van der Waals surface area contributed by atoms with Crippen molar-refractivity contribution < 1.29 is 19.1 Å². The summed E-state index contributed by atoms with van der Waals surface area (Å²) in [6.07, 6.45) is 4.28. The summed E-state index contributed by atoms with van der Waals surface area (Å²) >= 11 is 0. The Hall–Kier alpha value is -2.56. The molecule has 1 heterocycles. The standard InChI is InChI=1S/C18H19NO4/c20-16(14-7-8-15(23-14)17(21)22)19-12-18(9-4-10-18)11-13-5-2-1-3-6-13/h1-3,5-8H,4,9-12H2,(H,19,20)(H,21,22). The molecular weight excluding hydrogens is 294 g/mol.